The van der Waals surface area contributed by atoms with Gasteiger partial charge < -0.3 is 10.4 Å². The van der Waals surface area contributed by atoms with Gasteiger partial charge in [-0.1, -0.05) is 13.0 Å². The SMILES string of the molecule is C[C@H]1C=CN[C@@H]1C(=O)O. The molecular weight excluding hydrogens is 118 g/mol. The lowest BCUT2D eigenvalue weighted by Crippen LogP contribution is -2.33. The van der Waals surface area contributed by atoms with Gasteiger partial charge in [0.15, 0.2) is 0 Å². The summed E-state index contributed by atoms with van der Waals surface area (Å²) in [5.74, 6) is -0.671. The zero-order chi connectivity index (χ0) is 6.85. The average Bonchev–Trinajstić information content (AvgIpc) is 2.13. The van der Waals surface area contributed by atoms with Crippen LogP contribution in [-0.4, -0.2) is 17.1 Å². The van der Waals surface area contributed by atoms with Crippen LogP contribution >= 0.6 is 0 Å². The van der Waals surface area contributed by atoms with E-state index < -0.39 is 12.0 Å². The van der Waals surface area contributed by atoms with Crippen molar-refractivity contribution in [3.8, 4) is 0 Å². The number of aliphatic carboxylic acids is 1. The highest BCUT2D eigenvalue weighted by molar-refractivity contribution is 5.74. The first-order chi connectivity index (χ1) is 4.22. The Morgan fingerprint density at radius 3 is 2.67 bits per heavy atom. The van der Waals surface area contributed by atoms with Gasteiger partial charge in [-0.2, -0.15) is 0 Å². The zero-order valence-corrected chi connectivity index (χ0v) is 5.16. The molecule has 2 N–H and O–H groups in total. The Hall–Kier alpha value is -0.990. The maximum absolute atomic E-state index is 10.3. The van der Waals surface area contributed by atoms with E-state index in [1.165, 1.54) is 0 Å². The Bertz CT molecular complexity index is 153. The molecule has 3 nitrogen and oxygen atoms in total. The van der Waals surface area contributed by atoms with Gasteiger partial charge in [-0.15, -0.1) is 0 Å². The van der Waals surface area contributed by atoms with Crippen molar-refractivity contribution >= 4 is 5.97 Å². The number of carbonyl (C=O) groups is 1. The summed E-state index contributed by atoms with van der Waals surface area (Å²) in [4.78, 5) is 10.3. The number of nitrogens with one attached hydrogen (secondary N) is 1. The molecule has 0 aromatic carbocycles. The van der Waals surface area contributed by atoms with Crippen LogP contribution in [0.4, 0.5) is 0 Å². The van der Waals surface area contributed by atoms with Crippen LogP contribution in [-0.2, 0) is 4.79 Å². The average molecular weight is 127 g/mol. The summed E-state index contributed by atoms with van der Waals surface area (Å²) < 4.78 is 0. The van der Waals surface area contributed by atoms with Crippen LogP contribution in [0.3, 0.4) is 0 Å². The molecule has 50 valence electrons. The summed E-state index contributed by atoms with van der Waals surface area (Å²) in [6, 6.07) is -0.412. The fourth-order valence-electron chi connectivity index (χ4n) is 0.870. The van der Waals surface area contributed by atoms with Gasteiger partial charge in [0.1, 0.15) is 6.04 Å². The third kappa shape index (κ3) is 1.04. The smallest absolute Gasteiger partial charge is 0.326 e. The lowest BCUT2D eigenvalue weighted by atomic mass is 10.1. The van der Waals surface area contributed by atoms with Crippen LogP contribution in [0.1, 0.15) is 6.92 Å². The van der Waals surface area contributed by atoms with E-state index in [2.05, 4.69) is 5.32 Å². The van der Waals surface area contributed by atoms with Crippen LogP contribution in [0.2, 0.25) is 0 Å². The molecule has 0 unspecified atom stereocenters. The van der Waals surface area contributed by atoms with Crippen molar-refractivity contribution in [1.29, 1.82) is 0 Å². The second-order valence-corrected chi connectivity index (χ2v) is 2.20. The van der Waals surface area contributed by atoms with E-state index >= 15 is 0 Å². The highest BCUT2D eigenvalue weighted by Crippen LogP contribution is 2.09. The van der Waals surface area contributed by atoms with Gasteiger partial charge in [0, 0.05) is 5.92 Å². The predicted octanol–water partition coefficient (Wildman–Crippen LogP) is 0.193. The van der Waals surface area contributed by atoms with Gasteiger partial charge in [-0.05, 0) is 6.20 Å². The summed E-state index contributed by atoms with van der Waals surface area (Å²) in [5, 5.41) is 11.2. The standard InChI is InChI=1S/C6H9NO2/c1-4-2-3-7-5(4)6(8)9/h2-5,7H,1H3,(H,8,9)/t4-,5-/m0/s1. The lowest BCUT2D eigenvalue weighted by Gasteiger charge is -2.08. The van der Waals surface area contributed by atoms with Crippen molar-refractivity contribution in [3.63, 3.8) is 0 Å². The normalized spacial score (nSPS) is 32.1. The molecule has 0 spiro atoms. The molecule has 1 heterocycles. The van der Waals surface area contributed by atoms with Crippen molar-refractivity contribution in [1.82, 2.24) is 5.32 Å². The highest BCUT2D eigenvalue weighted by atomic mass is 16.4. The molecule has 0 radical (unpaired) electrons. The number of hydrogen-bond acceptors (Lipinski definition) is 2. The van der Waals surface area contributed by atoms with E-state index in [0.29, 0.717) is 0 Å². The molecule has 0 saturated heterocycles. The minimum atomic E-state index is -0.785. The monoisotopic (exact) mass is 127 g/mol. The minimum Gasteiger partial charge on any atom is -0.480 e. The molecular formula is C6H9NO2. The van der Waals surface area contributed by atoms with Gasteiger partial charge in [0.25, 0.3) is 0 Å². The Kier molecular flexibility index (Phi) is 1.42. The predicted molar refractivity (Wildman–Crippen MR) is 32.9 cm³/mol. The van der Waals surface area contributed by atoms with Gasteiger partial charge in [0.2, 0.25) is 0 Å². The Morgan fingerprint density at radius 2 is 2.44 bits per heavy atom. The molecule has 0 aromatic rings. The van der Waals surface area contributed by atoms with Crippen LogP contribution in [0.25, 0.3) is 0 Å². The third-order valence-electron chi connectivity index (χ3n) is 1.47. The number of carboxylic acid groups (broad SMARTS) is 1. The van der Waals surface area contributed by atoms with Crippen LogP contribution in [0.15, 0.2) is 12.3 Å². The summed E-state index contributed by atoms with van der Waals surface area (Å²) >= 11 is 0. The molecule has 1 aliphatic heterocycles. The van der Waals surface area contributed by atoms with Crippen molar-refractivity contribution in [3.05, 3.63) is 12.3 Å². The highest BCUT2D eigenvalue weighted by Gasteiger charge is 2.24. The minimum absolute atomic E-state index is 0.113. The second-order valence-electron chi connectivity index (χ2n) is 2.20. The van der Waals surface area contributed by atoms with E-state index in [0.717, 1.165) is 0 Å². The van der Waals surface area contributed by atoms with Crippen LogP contribution < -0.4 is 5.32 Å². The fourth-order valence-corrected chi connectivity index (χ4v) is 0.870. The fraction of sp³-hybridized carbons (Fsp3) is 0.500. The lowest BCUT2D eigenvalue weighted by molar-refractivity contribution is -0.139. The first-order valence-corrected chi connectivity index (χ1v) is 2.87. The molecule has 3 heteroatoms. The van der Waals surface area contributed by atoms with Crippen molar-refractivity contribution in [2.24, 2.45) is 5.92 Å². The third-order valence-corrected chi connectivity index (χ3v) is 1.47. The van der Waals surface area contributed by atoms with Crippen LogP contribution in [0, 0.1) is 5.92 Å². The molecule has 0 aromatic heterocycles. The number of carboxylic acids is 1. The molecule has 0 saturated carbocycles. The van der Waals surface area contributed by atoms with E-state index in [1.54, 1.807) is 6.20 Å². The largest absolute Gasteiger partial charge is 0.480 e. The maximum atomic E-state index is 10.3. The van der Waals surface area contributed by atoms with E-state index in [4.69, 9.17) is 5.11 Å². The molecule has 1 aliphatic rings. The van der Waals surface area contributed by atoms with E-state index in [9.17, 15) is 4.79 Å². The van der Waals surface area contributed by atoms with Crippen molar-refractivity contribution in [2.75, 3.05) is 0 Å². The maximum Gasteiger partial charge on any atom is 0.326 e. The molecule has 0 fully saturated rings. The molecule has 9 heavy (non-hydrogen) atoms. The topological polar surface area (TPSA) is 49.3 Å². The van der Waals surface area contributed by atoms with Gasteiger partial charge in [-0.3, -0.25) is 0 Å². The molecule has 0 aliphatic carbocycles. The first kappa shape index (κ1) is 6.13. The quantitative estimate of drug-likeness (QED) is 0.528. The Balaban J connectivity index is 2.55. The van der Waals surface area contributed by atoms with E-state index in [-0.39, 0.29) is 5.92 Å². The molecule has 2 atom stereocenters. The second kappa shape index (κ2) is 2.09. The molecule has 0 bridgehead atoms. The number of hydrogen-bond donors (Lipinski definition) is 2. The summed E-state index contributed by atoms with van der Waals surface area (Å²) in [5.41, 5.74) is 0. The van der Waals surface area contributed by atoms with Crippen molar-refractivity contribution < 1.29 is 9.90 Å². The van der Waals surface area contributed by atoms with E-state index in [1.807, 2.05) is 13.0 Å². The first-order valence-electron chi connectivity index (χ1n) is 2.87. The molecule has 1 rings (SSSR count). The summed E-state index contributed by atoms with van der Waals surface area (Å²) in [7, 11) is 0. The summed E-state index contributed by atoms with van der Waals surface area (Å²) in [6.07, 6.45) is 3.53. The molecule has 0 amide bonds. The number of rotatable bonds is 1. The van der Waals surface area contributed by atoms with Gasteiger partial charge in [0.05, 0.1) is 0 Å². The van der Waals surface area contributed by atoms with Crippen molar-refractivity contribution in [2.45, 2.75) is 13.0 Å². The van der Waals surface area contributed by atoms with Crippen LogP contribution in [0.5, 0.6) is 0 Å². The zero-order valence-electron chi connectivity index (χ0n) is 5.16. The summed E-state index contributed by atoms with van der Waals surface area (Å²) in [6.45, 7) is 1.87. The van der Waals surface area contributed by atoms with Gasteiger partial charge in [-0.25, -0.2) is 4.79 Å². The Labute approximate surface area is 53.4 Å². The Morgan fingerprint density at radius 1 is 1.78 bits per heavy atom. The van der Waals surface area contributed by atoms with Gasteiger partial charge >= 0.3 is 5.97 Å².